The first kappa shape index (κ1) is 20.5. The minimum absolute atomic E-state index is 0.112. The number of carbonyl (C=O) groups excluding carboxylic acids is 2. The molecular formula is C22H20N4O4. The molecule has 0 atom stereocenters. The number of amides is 2. The van der Waals surface area contributed by atoms with Crippen LogP contribution in [0.1, 0.15) is 15.9 Å². The highest BCUT2D eigenvalue weighted by molar-refractivity contribution is 5.97. The van der Waals surface area contributed by atoms with Gasteiger partial charge in [-0.2, -0.15) is 0 Å². The molecule has 8 heteroatoms. The molecule has 0 heterocycles. The number of carbonyl (C=O) groups is 2. The minimum atomic E-state index is -0.579. The zero-order valence-electron chi connectivity index (χ0n) is 16.0. The summed E-state index contributed by atoms with van der Waals surface area (Å²) in [7, 11) is 0. The normalized spacial score (nSPS) is 10.1. The minimum Gasteiger partial charge on any atom is -0.343 e. The molecule has 3 aromatic rings. The van der Waals surface area contributed by atoms with Crippen LogP contribution in [-0.2, 0) is 11.3 Å². The fourth-order valence-corrected chi connectivity index (χ4v) is 2.78. The van der Waals surface area contributed by atoms with Crippen LogP contribution in [0.5, 0.6) is 0 Å². The van der Waals surface area contributed by atoms with E-state index in [1.165, 1.54) is 24.3 Å². The van der Waals surface area contributed by atoms with Crippen molar-refractivity contribution >= 4 is 23.2 Å². The summed E-state index contributed by atoms with van der Waals surface area (Å²) in [6, 6.07) is 24.3. The third-order valence-corrected chi connectivity index (χ3v) is 4.24. The van der Waals surface area contributed by atoms with Crippen LogP contribution in [-0.4, -0.2) is 23.3 Å². The number of nitro benzene ring substituents is 1. The van der Waals surface area contributed by atoms with E-state index in [0.29, 0.717) is 6.54 Å². The molecule has 3 aromatic carbocycles. The fraction of sp³-hybridized carbons (Fsp3) is 0.0909. The highest BCUT2D eigenvalue weighted by atomic mass is 16.6. The van der Waals surface area contributed by atoms with Crippen LogP contribution < -0.4 is 15.8 Å². The Morgan fingerprint density at radius 1 is 0.900 bits per heavy atom. The molecule has 0 radical (unpaired) electrons. The summed E-state index contributed by atoms with van der Waals surface area (Å²) >= 11 is 0. The van der Waals surface area contributed by atoms with Crippen LogP contribution >= 0.6 is 0 Å². The van der Waals surface area contributed by atoms with Gasteiger partial charge < -0.3 is 5.32 Å². The summed E-state index contributed by atoms with van der Waals surface area (Å²) in [4.78, 5) is 35.0. The molecule has 0 aliphatic heterocycles. The average molecular weight is 404 g/mol. The Kier molecular flexibility index (Phi) is 6.73. The molecule has 2 N–H and O–H groups in total. The topological polar surface area (TPSA) is 105 Å². The first-order valence-electron chi connectivity index (χ1n) is 9.21. The lowest BCUT2D eigenvalue weighted by atomic mass is 10.2. The second-order valence-corrected chi connectivity index (χ2v) is 6.43. The third-order valence-electron chi connectivity index (χ3n) is 4.24. The van der Waals surface area contributed by atoms with E-state index in [1.807, 2.05) is 60.7 Å². The Morgan fingerprint density at radius 2 is 1.57 bits per heavy atom. The molecular weight excluding hydrogens is 384 g/mol. The van der Waals surface area contributed by atoms with E-state index in [4.69, 9.17) is 0 Å². The van der Waals surface area contributed by atoms with Gasteiger partial charge in [-0.05, 0) is 23.8 Å². The van der Waals surface area contributed by atoms with Crippen molar-refractivity contribution in [1.82, 2.24) is 10.7 Å². The number of hydrogen-bond acceptors (Lipinski definition) is 5. The number of benzene rings is 3. The summed E-state index contributed by atoms with van der Waals surface area (Å²) < 4.78 is 0. The monoisotopic (exact) mass is 404 g/mol. The molecule has 0 fully saturated rings. The van der Waals surface area contributed by atoms with Gasteiger partial charge in [0.05, 0.1) is 23.7 Å². The standard InChI is InChI=1S/C22H20N4O4/c27-21(15-23-22(28)18-10-7-13-20(14-18)26(29)30)24-25(19-11-5-2-6-12-19)16-17-8-3-1-4-9-17/h1-14H,15-16H2,(H,23,28)(H,24,27). The van der Waals surface area contributed by atoms with Gasteiger partial charge in [0, 0.05) is 17.7 Å². The maximum absolute atomic E-state index is 12.5. The molecule has 2 amide bonds. The van der Waals surface area contributed by atoms with Crippen molar-refractivity contribution in [2.24, 2.45) is 0 Å². The van der Waals surface area contributed by atoms with E-state index in [9.17, 15) is 19.7 Å². The van der Waals surface area contributed by atoms with Crippen molar-refractivity contribution in [2.45, 2.75) is 6.54 Å². The highest BCUT2D eigenvalue weighted by Crippen LogP contribution is 2.15. The number of para-hydroxylation sites is 1. The molecule has 0 saturated heterocycles. The first-order chi connectivity index (χ1) is 14.5. The van der Waals surface area contributed by atoms with Crippen molar-refractivity contribution in [2.75, 3.05) is 11.6 Å². The number of hydrogen-bond donors (Lipinski definition) is 2. The van der Waals surface area contributed by atoms with Gasteiger partial charge in [0.1, 0.15) is 0 Å². The molecule has 8 nitrogen and oxygen atoms in total. The summed E-state index contributed by atoms with van der Waals surface area (Å²) in [6.07, 6.45) is 0. The van der Waals surface area contributed by atoms with Gasteiger partial charge in [0.2, 0.25) is 0 Å². The number of non-ortho nitro benzene ring substituents is 1. The predicted molar refractivity (Wildman–Crippen MR) is 113 cm³/mol. The Labute approximate surface area is 173 Å². The van der Waals surface area contributed by atoms with E-state index in [2.05, 4.69) is 10.7 Å². The fourth-order valence-electron chi connectivity index (χ4n) is 2.78. The number of nitrogens with one attached hydrogen (secondary N) is 2. The molecule has 3 rings (SSSR count). The summed E-state index contributed by atoms with van der Waals surface area (Å²) in [6.45, 7) is 0.162. The van der Waals surface area contributed by atoms with E-state index < -0.39 is 16.7 Å². The SMILES string of the molecule is O=C(CNC(=O)c1cccc([N+](=O)[O-])c1)NN(Cc1ccccc1)c1ccccc1. The van der Waals surface area contributed by atoms with Gasteiger partial charge in [-0.15, -0.1) is 0 Å². The second-order valence-electron chi connectivity index (χ2n) is 6.43. The maximum Gasteiger partial charge on any atom is 0.270 e. The van der Waals surface area contributed by atoms with Crippen molar-refractivity contribution in [3.8, 4) is 0 Å². The highest BCUT2D eigenvalue weighted by Gasteiger charge is 2.14. The van der Waals surface area contributed by atoms with E-state index in [1.54, 1.807) is 5.01 Å². The molecule has 0 bridgehead atoms. The van der Waals surface area contributed by atoms with Crippen molar-refractivity contribution in [3.05, 3.63) is 106 Å². The molecule has 30 heavy (non-hydrogen) atoms. The largest absolute Gasteiger partial charge is 0.343 e. The van der Waals surface area contributed by atoms with Crippen LogP contribution in [0.4, 0.5) is 11.4 Å². The smallest absolute Gasteiger partial charge is 0.270 e. The lowest BCUT2D eigenvalue weighted by Crippen LogP contribution is -2.46. The summed E-state index contributed by atoms with van der Waals surface area (Å²) in [5, 5.41) is 15.0. The molecule has 152 valence electrons. The quantitative estimate of drug-likeness (QED) is 0.444. The van der Waals surface area contributed by atoms with Gasteiger partial charge in [-0.3, -0.25) is 30.1 Å². The molecule has 0 aromatic heterocycles. The van der Waals surface area contributed by atoms with Gasteiger partial charge in [-0.25, -0.2) is 0 Å². The van der Waals surface area contributed by atoms with E-state index >= 15 is 0 Å². The molecule has 0 aliphatic rings. The van der Waals surface area contributed by atoms with Crippen molar-refractivity contribution < 1.29 is 14.5 Å². The van der Waals surface area contributed by atoms with E-state index in [-0.39, 0.29) is 17.8 Å². The van der Waals surface area contributed by atoms with Crippen molar-refractivity contribution in [3.63, 3.8) is 0 Å². The average Bonchev–Trinajstić information content (AvgIpc) is 2.78. The zero-order chi connectivity index (χ0) is 21.3. The van der Waals surface area contributed by atoms with Gasteiger partial charge in [0.25, 0.3) is 17.5 Å². The second kappa shape index (κ2) is 9.83. The van der Waals surface area contributed by atoms with Gasteiger partial charge in [-0.1, -0.05) is 54.6 Å². The van der Waals surface area contributed by atoms with Crippen LogP contribution in [0.25, 0.3) is 0 Å². The molecule has 0 spiro atoms. The van der Waals surface area contributed by atoms with Gasteiger partial charge in [0.15, 0.2) is 0 Å². The van der Waals surface area contributed by atoms with Crippen LogP contribution in [0.3, 0.4) is 0 Å². The van der Waals surface area contributed by atoms with Crippen LogP contribution in [0.2, 0.25) is 0 Å². The molecule has 0 aliphatic carbocycles. The zero-order valence-corrected chi connectivity index (χ0v) is 16.0. The lowest BCUT2D eigenvalue weighted by Gasteiger charge is -2.25. The Hall–Kier alpha value is -4.20. The van der Waals surface area contributed by atoms with Crippen LogP contribution in [0.15, 0.2) is 84.9 Å². The number of rotatable bonds is 8. The Bertz CT molecular complexity index is 1030. The summed E-state index contributed by atoms with van der Waals surface area (Å²) in [5.74, 6) is -0.989. The van der Waals surface area contributed by atoms with Crippen molar-refractivity contribution in [1.29, 1.82) is 0 Å². The predicted octanol–water partition coefficient (Wildman–Crippen LogP) is 3.06. The third kappa shape index (κ3) is 5.65. The first-order valence-corrected chi connectivity index (χ1v) is 9.21. The Morgan fingerprint density at radius 3 is 2.23 bits per heavy atom. The molecule has 0 saturated carbocycles. The lowest BCUT2D eigenvalue weighted by molar-refractivity contribution is -0.384. The Balaban J connectivity index is 1.63. The maximum atomic E-state index is 12.5. The number of anilines is 1. The summed E-state index contributed by atoms with van der Waals surface area (Å²) in [5.41, 5.74) is 4.51. The van der Waals surface area contributed by atoms with Gasteiger partial charge >= 0.3 is 0 Å². The number of nitro groups is 1. The number of hydrazine groups is 1. The molecule has 0 unspecified atom stereocenters. The number of nitrogens with zero attached hydrogens (tertiary/aromatic N) is 2. The van der Waals surface area contributed by atoms with E-state index in [0.717, 1.165) is 11.3 Å². The van der Waals surface area contributed by atoms with Crippen LogP contribution in [0, 0.1) is 10.1 Å².